The molecule has 1 fully saturated rings. The summed E-state index contributed by atoms with van der Waals surface area (Å²) in [4.78, 5) is 3.46. The van der Waals surface area contributed by atoms with Crippen LogP contribution < -0.4 is 0 Å². The quantitative estimate of drug-likeness (QED) is 0.734. The minimum Gasteiger partial charge on any atom is -0.251 e. The van der Waals surface area contributed by atoms with Crippen molar-refractivity contribution < 1.29 is 13.2 Å². The molecule has 1 aromatic heterocycles. The van der Waals surface area contributed by atoms with Crippen LogP contribution in [0.1, 0.15) is 29.3 Å². The van der Waals surface area contributed by atoms with Gasteiger partial charge in [-0.3, -0.25) is 4.98 Å². The molecule has 0 saturated carbocycles. The first-order valence-electron chi connectivity index (χ1n) is 4.72. The van der Waals surface area contributed by atoms with Crippen molar-refractivity contribution in [3.8, 4) is 0 Å². The summed E-state index contributed by atoms with van der Waals surface area (Å²) in [6.45, 7) is 0. The predicted molar refractivity (Wildman–Crippen MR) is 53.7 cm³/mol. The van der Waals surface area contributed by atoms with Crippen molar-refractivity contribution in [1.29, 1.82) is 0 Å². The molecule has 0 aromatic carbocycles. The Morgan fingerprint density at radius 2 is 2.13 bits per heavy atom. The Morgan fingerprint density at radius 3 is 2.60 bits per heavy atom. The van der Waals surface area contributed by atoms with Gasteiger partial charge in [-0.15, -0.1) is 0 Å². The first-order chi connectivity index (χ1) is 7.07. The van der Waals surface area contributed by atoms with Crippen LogP contribution in [0.4, 0.5) is 13.2 Å². The van der Waals surface area contributed by atoms with Crippen LogP contribution in [-0.2, 0) is 6.18 Å². The summed E-state index contributed by atoms with van der Waals surface area (Å²) in [6.07, 6.45) is -0.804. The number of pyridine rings is 1. The molecule has 1 saturated heterocycles. The summed E-state index contributed by atoms with van der Waals surface area (Å²) in [6, 6.07) is 2.60. The van der Waals surface area contributed by atoms with E-state index in [1.165, 1.54) is 6.20 Å². The highest BCUT2D eigenvalue weighted by Crippen LogP contribution is 2.40. The van der Waals surface area contributed by atoms with Gasteiger partial charge in [-0.05, 0) is 30.2 Å². The number of nitrogens with zero attached hydrogens (tertiary/aromatic N) is 1. The standard InChI is InChI=1S/C10H10F3NS/c11-10(12,13)9-4-3-7(6-14-9)8-2-1-5-15-8/h3-4,6,8H,1-2,5H2. The van der Waals surface area contributed by atoms with Gasteiger partial charge in [0.2, 0.25) is 0 Å². The Hall–Kier alpha value is -0.710. The molecule has 2 heterocycles. The third-order valence-electron chi connectivity index (χ3n) is 2.38. The Balaban J connectivity index is 2.16. The third kappa shape index (κ3) is 2.45. The first kappa shape index (κ1) is 10.8. The Bertz CT molecular complexity index is 328. The molecule has 1 aliphatic rings. The summed E-state index contributed by atoms with van der Waals surface area (Å²) < 4.78 is 36.7. The van der Waals surface area contributed by atoms with Gasteiger partial charge in [-0.2, -0.15) is 24.9 Å². The molecular weight excluding hydrogens is 223 g/mol. The zero-order chi connectivity index (χ0) is 10.9. The minimum atomic E-state index is -4.33. The van der Waals surface area contributed by atoms with Crippen molar-refractivity contribution in [2.75, 3.05) is 5.75 Å². The van der Waals surface area contributed by atoms with Crippen LogP contribution in [0.2, 0.25) is 0 Å². The van der Waals surface area contributed by atoms with E-state index in [0.29, 0.717) is 5.25 Å². The summed E-state index contributed by atoms with van der Waals surface area (Å²) >= 11 is 1.79. The molecule has 0 radical (unpaired) electrons. The molecule has 0 spiro atoms. The van der Waals surface area contributed by atoms with E-state index >= 15 is 0 Å². The fourth-order valence-corrected chi connectivity index (χ4v) is 2.89. The predicted octanol–water partition coefficient (Wildman–Crippen LogP) is 3.67. The van der Waals surface area contributed by atoms with Crippen molar-refractivity contribution in [3.05, 3.63) is 29.6 Å². The summed E-state index contributed by atoms with van der Waals surface area (Å²) in [5.74, 6) is 1.09. The molecule has 82 valence electrons. The van der Waals surface area contributed by atoms with Crippen LogP contribution in [0, 0.1) is 0 Å². The molecule has 0 aliphatic carbocycles. The van der Waals surface area contributed by atoms with Gasteiger partial charge in [0.05, 0.1) is 0 Å². The van der Waals surface area contributed by atoms with Gasteiger partial charge in [0.15, 0.2) is 0 Å². The molecule has 2 rings (SSSR count). The van der Waals surface area contributed by atoms with E-state index < -0.39 is 11.9 Å². The monoisotopic (exact) mass is 233 g/mol. The number of halogens is 3. The zero-order valence-corrected chi connectivity index (χ0v) is 8.74. The SMILES string of the molecule is FC(F)(F)c1ccc(C2CCCS2)cn1. The van der Waals surface area contributed by atoms with Crippen molar-refractivity contribution in [2.24, 2.45) is 0 Å². The smallest absolute Gasteiger partial charge is 0.251 e. The van der Waals surface area contributed by atoms with Crippen LogP contribution in [0.5, 0.6) is 0 Å². The van der Waals surface area contributed by atoms with Crippen LogP contribution in [0.3, 0.4) is 0 Å². The molecular formula is C10H10F3NS. The van der Waals surface area contributed by atoms with E-state index in [0.717, 1.165) is 30.2 Å². The molecule has 15 heavy (non-hydrogen) atoms. The Labute approximate surface area is 90.1 Å². The summed E-state index contributed by atoms with van der Waals surface area (Å²) in [5.41, 5.74) is 0.0970. The fraction of sp³-hybridized carbons (Fsp3) is 0.500. The van der Waals surface area contributed by atoms with Crippen molar-refractivity contribution in [3.63, 3.8) is 0 Å². The van der Waals surface area contributed by atoms with Gasteiger partial charge >= 0.3 is 6.18 Å². The largest absolute Gasteiger partial charge is 0.433 e. The van der Waals surface area contributed by atoms with Crippen molar-refractivity contribution in [2.45, 2.75) is 24.3 Å². The van der Waals surface area contributed by atoms with Gasteiger partial charge in [0, 0.05) is 11.4 Å². The van der Waals surface area contributed by atoms with Gasteiger partial charge in [0.25, 0.3) is 0 Å². The van der Waals surface area contributed by atoms with Gasteiger partial charge in [0.1, 0.15) is 5.69 Å². The average Bonchev–Trinajstić information content (AvgIpc) is 2.69. The second-order valence-corrected chi connectivity index (χ2v) is 4.79. The minimum absolute atomic E-state index is 0.333. The van der Waals surface area contributed by atoms with Gasteiger partial charge < -0.3 is 0 Å². The Morgan fingerprint density at radius 1 is 1.33 bits per heavy atom. The molecule has 1 unspecified atom stereocenters. The lowest BCUT2D eigenvalue weighted by Crippen LogP contribution is -2.07. The number of alkyl halides is 3. The molecule has 1 aromatic rings. The number of hydrogen-bond donors (Lipinski definition) is 0. The molecule has 5 heteroatoms. The number of rotatable bonds is 1. The molecule has 1 aliphatic heterocycles. The highest BCUT2D eigenvalue weighted by molar-refractivity contribution is 7.99. The second kappa shape index (κ2) is 4.04. The van der Waals surface area contributed by atoms with Gasteiger partial charge in [-0.25, -0.2) is 0 Å². The first-order valence-corrected chi connectivity index (χ1v) is 5.77. The molecule has 1 nitrogen and oxygen atoms in total. The lowest BCUT2D eigenvalue weighted by molar-refractivity contribution is -0.141. The van der Waals surface area contributed by atoms with E-state index in [1.807, 2.05) is 0 Å². The van der Waals surface area contributed by atoms with E-state index in [9.17, 15) is 13.2 Å². The lowest BCUT2D eigenvalue weighted by atomic mass is 10.1. The third-order valence-corrected chi connectivity index (χ3v) is 3.81. The van der Waals surface area contributed by atoms with Crippen molar-refractivity contribution >= 4 is 11.8 Å². The number of thioether (sulfide) groups is 1. The maximum Gasteiger partial charge on any atom is 0.433 e. The molecule has 0 amide bonds. The van der Waals surface area contributed by atoms with Crippen LogP contribution in [-0.4, -0.2) is 10.7 Å². The average molecular weight is 233 g/mol. The normalized spacial score (nSPS) is 21.9. The molecule has 0 N–H and O–H groups in total. The highest BCUT2D eigenvalue weighted by Gasteiger charge is 2.32. The molecule has 1 atom stereocenters. The summed E-state index contributed by atoms with van der Waals surface area (Å²) in [7, 11) is 0. The number of aromatic nitrogens is 1. The molecule has 0 bridgehead atoms. The second-order valence-electron chi connectivity index (χ2n) is 3.48. The lowest BCUT2D eigenvalue weighted by Gasteiger charge is -2.10. The van der Waals surface area contributed by atoms with Crippen molar-refractivity contribution in [1.82, 2.24) is 4.98 Å². The van der Waals surface area contributed by atoms with Gasteiger partial charge in [-0.1, -0.05) is 6.07 Å². The summed E-state index contributed by atoms with van der Waals surface area (Å²) in [5, 5.41) is 0.333. The maximum atomic E-state index is 12.2. The highest BCUT2D eigenvalue weighted by atomic mass is 32.2. The fourth-order valence-electron chi connectivity index (χ4n) is 1.60. The van der Waals surface area contributed by atoms with E-state index in [2.05, 4.69) is 4.98 Å². The van der Waals surface area contributed by atoms with E-state index in [1.54, 1.807) is 17.8 Å². The maximum absolute atomic E-state index is 12.2. The van der Waals surface area contributed by atoms with E-state index in [-0.39, 0.29) is 0 Å². The van der Waals surface area contributed by atoms with Crippen LogP contribution in [0.25, 0.3) is 0 Å². The van der Waals surface area contributed by atoms with E-state index in [4.69, 9.17) is 0 Å². The zero-order valence-electron chi connectivity index (χ0n) is 7.92. The van der Waals surface area contributed by atoms with Crippen LogP contribution in [0.15, 0.2) is 18.3 Å². The topological polar surface area (TPSA) is 12.9 Å². The van der Waals surface area contributed by atoms with Crippen LogP contribution >= 0.6 is 11.8 Å². The number of hydrogen-bond acceptors (Lipinski definition) is 2. The Kier molecular flexibility index (Phi) is 2.91.